The van der Waals surface area contributed by atoms with E-state index in [1.165, 1.54) is 0 Å². The molecule has 112 valence electrons. The predicted octanol–water partition coefficient (Wildman–Crippen LogP) is 2.60. The molecular weight excluding hydrogens is 266 g/mol. The number of aliphatic carboxylic acids is 1. The van der Waals surface area contributed by atoms with Gasteiger partial charge in [-0.05, 0) is 25.5 Å². The Labute approximate surface area is 124 Å². The summed E-state index contributed by atoms with van der Waals surface area (Å²) in [6.07, 6.45) is 2.70. The van der Waals surface area contributed by atoms with Crippen LogP contribution in [0, 0.1) is 6.92 Å². The molecule has 0 amide bonds. The molecule has 1 aromatic carbocycles. The molecule has 0 unspecified atom stereocenters. The van der Waals surface area contributed by atoms with Crippen molar-refractivity contribution < 1.29 is 9.90 Å². The van der Waals surface area contributed by atoms with Gasteiger partial charge in [-0.3, -0.25) is 9.48 Å². The van der Waals surface area contributed by atoms with E-state index in [1.807, 2.05) is 55.2 Å². The third-order valence-corrected chi connectivity index (χ3v) is 3.64. The number of carboxylic acids is 1. The Morgan fingerprint density at radius 2 is 2.05 bits per heavy atom. The smallest absolute Gasteiger partial charge is 0.303 e. The molecule has 0 atom stereocenters. The summed E-state index contributed by atoms with van der Waals surface area (Å²) in [6, 6.07) is 10.1. The van der Waals surface area contributed by atoms with E-state index in [4.69, 9.17) is 5.11 Å². The molecule has 0 bridgehead atoms. The molecule has 5 nitrogen and oxygen atoms in total. The van der Waals surface area contributed by atoms with E-state index in [1.54, 1.807) is 0 Å². The molecule has 2 aromatic rings. The van der Waals surface area contributed by atoms with Crippen LogP contribution in [0.15, 0.2) is 36.5 Å². The van der Waals surface area contributed by atoms with Gasteiger partial charge in [0.2, 0.25) is 0 Å². The molecule has 21 heavy (non-hydrogen) atoms. The van der Waals surface area contributed by atoms with Crippen molar-refractivity contribution in [1.82, 2.24) is 9.78 Å². The standard InChI is InChI=1S/C16H21N3O2/c1-13-14(11-17-18(13)2)12-19(10-6-9-16(20)21)15-7-4-3-5-8-15/h3-5,7-8,11H,6,9-10,12H2,1-2H3,(H,20,21). The van der Waals surface area contributed by atoms with Gasteiger partial charge in [-0.25, -0.2) is 0 Å². The van der Waals surface area contributed by atoms with Gasteiger partial charge in [-0.1, -0.05) is 18.2 Å². The fourth-order valence-corrected chi connectivity index (χ4v) is 2.26. The van der Waals surface area contributed by atoms with E-state index in [0.717, 1.165) is 23.5 Å². The quantitative estimate of drug-likeness (QED) is 0.850. The van der Waals surface area contributed by atoms with Crippen molar-refractivity contribution in [2.24, 2.45) is 7.05 Å². The summed E-state index contributed by atoms with van der Waals surface area (Å²) in [4.78, 5) is 12.9. The second-order valence-electron chi connectivity index (χ2n) is 5.13. The van der Waals surface area contributed by atoms with Crippen molar-refractivity contribution in [2.45, 2.75) is 26.3 Å². The summed E-state index contributed by atoms with van der Waals surface area (Å²) in [7, 11) is 1.93. The molecule has 0 aliphatic carbocycles. The van der Waals surface area contributed by atoms with Gasteiger partial charge in [0.05, 0.1) is 6.20 Å². The van der Waals surface area contributed by atoms with Crippen LogP contribution in [0.4, 0.5) is 5.69 Å². The molecule has 0 saturated heterocycles. The van der Waals surface area contributed by atoms with Crippen LogP contribution in [-0.2, 0) is 18.4 Å². The van der Waals surface area contributed by atoms with Crippen LogP contribution in [0.25, 0.3) is 0 Å². The van der Waals surface area contributed by atoms with E-state index < -0.39 is 5.97 Å². The van der Waals surface area contributed by atoms with E-state index >= 15 is 0 Å². The minimum atomic E-state index is -0.749. The SMILES string of the molecule is Cc1c(CN(CCCC(=O)O)c2ccccc2)cnn1C. The van der Waals surface area contributed by atoms with Crippen molar-refractivity contribution >= 4 is 11.7 Å². The molecule has 0 aliphatic rings. The van der Waals surface area contributed by atoms with Crippen LogP contribution in [0.2, 0.25) is 0 Å². The normalized spacial score (nSPS) is 10.6. The Kier molecular flexibility index (Phi) is 4.98. The molecule has 0 saturated carbocycles. The summed E-state index contributed by atoms with van der Waals surface area (Å²) >= 11 is 0. The summed E-state index contributed by atoms with van der Waals surface area (Å²) < 4.78 is 1.86. The lowest BCUT2D eigenvalue weighted by molar-refractivity contribution is -0.137. The number of carboxylic acid groups (broad SMARTS) is 1. The zero-order valence-corrected chi connectivity index (χ0v) is 12.5. The lowest BCUT2D eigenvalue weighted by atomic mass is 10.2. The van der Waals surface area contributed by atoms with Crippen LogP contribution in [-0.4, -0.2) is 27.4 Å². The van der Waals surface area contributed by atoms with E-state index in [0.29, 0.717) is 13.0 Å². The largest absolute Gasteiger partial charge is 0.481 e. The molecule has 1 aromatic heterocycles. The highest BCUT2D eigenvalue weighted by Crippen LogP contribution is 2.19. The summed E-state index contributed by atoms with van der Waals surface area (Å²) in [5, 5.41) is 13.1. The molecule has 5 heteroatoms. The fraction of sp³-hybridized carbons (Fsp3) is 0.375. The molecule has 0 fully saturated rings. The van der Waals surface area contributed by atoms with Crippen LogP contribution >= 0.6 is 0 Å². The second kappa shape index (κ2) is 6.92. The number of para-hydroxylation sites is 1. The average molecular weight is 287 g/mol. The van der Waals surface area contributed by atoms with Crippen LogP contribution in [0.1, 0.15) is 24.1 Å². The number of hydrogen-bond acceptors (Lipinski definition) is 3. The van der Waals surface area contributed by atoms with Crippen molar-refractivity contribution in [1.29, 1.82) is 0 Å². The second-order valence-corrected chi connectivity index (χ2v) is 5.13. The summed E-state index contributed by atoms with van der Waals surface area (Å²) in [6.45, 7) is 3.50. The fourth-order valence-electron chi connectivity index (χ4n) is 2.26. The zero-order valence-electron chi connectivity index (χ0n) is 12.5. The Hall–Kier alpha value is -2.30. The van der Waals surface area contributed by atoms with Crippen LogP contribution in [0.3, 0.4) is 0 Å². The van der Waals surface area contributed by atoms with Gasteiger partial charge >= 0.3 is 5.97 Å². The number of carbonyl (C=O) groups is 1. The number of aromatic nitrogens is 2. The maximum atomic E-state index is 10.7. The highest BCUT2D eigenvalue weighted by Gasteiger charge is 2.11. The Bertz CT molecular complexity index is 593. The van der Waals surface area contributed by atoms with Gasteiger partial charge < -0.3 is 10.0 Å². The third kappa shape index (κ3) is 4.08. The van der Waals surface area contributed by atoms with E-state index in [2.05, 4.69) is 10.00 Å². The van der Waals surface area contributed by atoms with Gasteiger partial charge in [0, 0.05) is 43.5 Å². The zero-order chi connectivity index (χ0) is 15.2. The monoisotopic (exact) mass is 287 g/mol. The molecular formula is C16H21N3O2. The van der Waals surface area contributed by atoms with Crippen LogP contribution in [0.5, 0.6) is 0 Å². The van der Waals surface area contributed by atoms with E-state index in [9.17, 15) is 4.79 Å². The summed E-state index contributed by atoms with van der Waals surface area (Å²) in [5.41, 5.74) is 3.40. The third-order valence-electron chi connectivity index (χ3n) is 3.64. The number of benzene rings is 1. The van der Waals surface area contributed by atoms with Crippen molar-refractivity contribution in [3.05, 3.63) is 47.8 Å². The Morgan fingerprint density at radius 1 is 1.33 bits per heavy atom. The van der Waals surface area contributed by atoms with Crippen molar-refractivity contribution in [2.75, 3.05) is 11.4 Å². The number of rotatable bonds is 7. The van der Waals surface area contributed by atoms with Gasteiger partial charge in [-0.2, -0.15) is 5.10 Å². The predicted molar refractivity (Wildman–Crippen MR) is 82.3 cm³/mol. The number of aryl methyl sites for hydroxylation is 1. The Morgan fingerprint density at radius 3 is 2.62 bits per heavy atom. The topological polar surface area (TPSA) is 58.4 Å². The molecule has 1 heterocycles. The number of anilines is 1. The number of hydrogen-bond donors (Lipinski definition) is 1. The lowest BCUT2D eigenvalue weighted by Gasteiger charge is -2.24. The van der Waals surface area contributed by atoms with Crippen molar-refractivity contribution in [3.63, 3.8) is 0 Å². The first-order chi connectivity index (χ1) is 10.1. The first-order valence-electron chi connectivity index (χ1n) is 7.07. The highest BCUT2D eigenvalue weighted by atomic mass is 16.4. The Balaban J connectivity index is 2.12. The van der Waals surface area contributed by atoms with E-state index in [-0.39, 0.29) is 6.42 Å². The first kappa shape index (κ1) is 15.1. The van der Waals surface area contributed by atoms with Crippen molar-refractivity contribution in [3.8, 4) is 0 Å². The van der Waals surface area contributed by atoms with Gasteiger partial charge in [0.15, 0.2) is 0 Å². The maximum absolute atomic E-state index is 10.7. The van der Waals surface area contributed by atoms with Crippen LogP contribution < -0.4 is 4.90 Å². The average Bonchev–Trinajstić information content (AvgIpc) is 2.79. The molecule has 0 spiro atoms. The van der Waals surface area contributed by atoms with Gasteiger partial charge in [0.25, 0.3) is 0 Å². The first-order valence-corrected chi connectivity index (χ1v) is 7.07. The minimum Gasteiger partial charge on any atom is -0.481 e. The molecule has 0 aliphatic heterocycles. The van der Waals surface area contributed by atoms with Gasteiger partial charge in [-0.15, -0.1) is 0 Å². The maximum Gasteiger partial charge on any atom is 0.303 e. The minimum absolute atomic E-state index is 0.190. The lowest BCUT2D eigenvalue weighted by Crippen LogP contribution is -2.24. The number of nitrogens with zero attached hydrogens (tertiary/aromatic N) is 3. The molecule has 0 radical (unpaired) electrons. The summed E-state index contributed by atoms with van der Waals surface area (Å²) in [5.74, 6) is -0.749. The molecule has 2 rings (SSSR count). The molecule has 1 N–H and O–H groups in total. The highest BCUT2D eigenvalue weighted by molar-refractivity contribution is 5.66. The van der Waals surface area contributed by atoms with Gasteiger partial charge in [0.1, 0.15) is 0 Å².